The first kappa shape index (κ1) is 19.4. The first-order valence-corrected chi connectivity index (χ1v) is 10.9. The molecule has 0 saturated carbocycles. The van der Waals surface area contributed by atoms with Gasteiger partial charge in [0.25, 0.3) is 0 Å². The average molecular weight is 392 g/mol. The minimum atomic E-state index is -3.20. The van der Waals surface area contributed by atoms with Crippen molar-refractivity contribution in [3.8, 4) is 11.4 Å². The minimum absolute atomic E-state index is 0.0798. The van der Waals surface area contributed by atoms with Gasteiger partial charge in [-0.1, -0.05) is 30.3 Å². The average Bonchev–Trinajstić information content (AvgIpc) is 3.10. The molecule has 146 valence electrons. The number of carbonyl (C=O) groups excluding carboxylic acids is 1. The van der Waals surface area contributed by atoms with Crippen molar-refractivity contribution in [3.05, 3.63) is 30.3 Å². The Morgan fingerprint density at radius 1 is 1.22 bits per heavy atom. The number of benzene rings is 1. The van der Waals surface area contributed by atoms with Crippen LogP contribution in [0.2, 0.25) is 0 Å². The minimum Gasteiger partial charge on any atom is -0.343 e. The summed E-state index contributed by atoms with van der Waals surface area (Å²) in [6, 6.07) is 9.53. The fourth-order valence-electron chi connectivity index (χ4n) is 3.12. The first-order valence-electron chi connectivity index (χ1n) is 8.99. The summed E-state index contributed by atoms with van der Waals surface area (Å²) >= 11 is 0. The lowest BCUT2D eigenvalue weighted by atomic mass is 10.1. The lowest BCUT2D eigenvalue weighted by molar-refractivity contribution is -0.132. The molecule has 2 aromatic rings. The van der Waals surface area contributed by atoms with Gasteiger partial charge in [0.1, 0.15) is 0 Å². The van der Waals surface area contributed by atoms with Crippen LogP contribution in [0.5, 0.6) is 0 Å². The number of sulfonamides is 1. The Kier molecular flexibility index (Phi) is 6.17. The number of carbonyl (C=O) groups is 1. The summed E-state index contributed by atoms with van der Waals surface area (Å²) in [5.41, 5.74) is 0.908. The molecule has 1 aromatic carbocycles. The third-order valence-corrected chi connectivity index (χ3v) is 5.22. The molecule has 0 aliphatic carbocycles. The maximum Gasteiger partial charge on any atom is 0.222 e. The second kappa shape index (κ2) is 8.57. The van der Waals surface area contributed by atoms with E-state index in [1.807, 2.05) is 30.3 Å². The number of hydrogen-bond acceptors (Lipinski definition) is 6. The van der Waals surface area contributed by atoms with Crippen molar-refractivity contribution in [2.45, 2.75) is 38.3 Å². The molecule has 1 fully saturated rings. The van der Waals surface area contributed by atoms with Crippen molar-refractivity contribution in [3.63, 3.8) is 0 Å². The van der Waals surface area contributed by atoms with Crippen LogP contribution in [-0.2, 0) is 21.4 Å². The summed E-state index contributed by atoms with van der Waals surface area (Å²) < 4.78 is 25.2. The second-order valence-corrected chi connectivity index (χ2v) is 8.50. The van der Waals surface area contributed by atoms with Gasteiger partial charge < -0.3 is 4.90 Å². The van der Waals surface area contributed by atoms with Crippen molar-refractivity contribution in [2.75, 3.05) is 19.3 Å². The number of aromatic nitrogens is 4. The zero-order chi connectivity index (χ0) is 19.3. The SMILES string of the molecule is CS(=O)(=O)NC1CCN(C(=O)CCCn2nnc(-c3ccccc3)n2)CC1. The van der Waals surface area contributed by atoms with Gasteiger partial charge in [-0.3, -0.25) is 4.79 Å². The Hall–Kier alpha value is -2.33. The van der Waals surface area contributed by atoms with Gasteiger partial charge in [-0.2, -0.15) is 4.80 Å². The van der Waals surface area contributed by atoms with Crippen molar-refractivity contribution in [2.24, 2.45) is 0 Å². The van der Waals surface area contributed by atoms with Crippen molar-refractivity contribution in [1.29, 1.82) is 0 Å². The van der Waals surface area contributed by atoms with Gasteiger partial charge in [-0.25, -0.2) is 13.1 Å². The molecule has 0 atom stereocenters. The molecule has 0 spiro atoms. The highest BCUT2D eigenvalue weighted by atomic mass is 32.2. The first-order chi connectivity index (χ1) is 12.9. The quantitative estimate of drug-likeness (QED) is 0.741. The predicted octanol–water partition coefficient (Wildman–Crippen LogP) is 0.661. The lowest BCUT2D eigenvalue weighted by Gasteiger charge is -2.32. The largest absolute Gasteiger partial charge is 0.343 e. The van der Waals surface area contributed by atoms with Crippen LogP contribution in [0.4, 0.5) is 0 Å². The van der Waals surface area contributed by atoms with Crippen LogP contribution in [0.25, 0.3) is 11.4 Å². The van der Waals surface area contributed by atoms with E-state index in [-0.39, 0.29) is 11.9 Å². The smallest absolute Gasteiger partial charge is 0.222 e. The van der Waals surface area contributed by atoms with E-state index in [9.17, 15) is 13.2 Å². The second-order valence-electron chi connectivity index (χ2n) is 6.72. The molecule has 9 nitrogen and oxygen atoms in total. The standard InChI is InChI=1S/C17H24N6O3S/c1-27(25,26)20-15-9-12-22(13-10-15)16(24)8-5-11-23-19-17(18-21-23)14-6-3-2-4-7-14/h2-4,6-7,15,20H,5,8-13H2,1H3. The Morgan fingerprint density at radius 2 is 1.93 bits per heavy atom. The Balaban J connectivity index is 1.41. The van der Waals surface area contributed by atoms with E-state index in [0.29, 0.717) is 51.1 Å². The molecule has 0 radical (unpaired) electrons. The number of hydrogen-bond donors (Lipinski definition) is 1. The number of amides is 1. The summed E-state index contributed by atoms with van der Waals surface area (Å²) in [6.07, 6.45) is 3.48. The number of tetrazole rings is 1. The molecule has 10 heteroatoms. The summed E-state index contributed by atoms with van der Waals surface area (Å²) in [5.74, 6) is 0.651. The molecule has 0 unspecified atom stereocenters. The maximum atomic E-state index is 12.3. The van der Waals surface area contributed by atoms with Crippen molar-refractivity contribution < 1.29 is 13.2 Å². The molecular formula is C17H24N6O3S. The van der Waals surface area contributed by atoms with Crippen molar-refractivity contribution >= 4 is 15.9 Å². The Labute approximate surface area is 158 Å². The number of nitrogens with one attached hydrogen (secondary N) is 1. The lowest BCUT2D eigenvalue weighted by Crippen LogP contribution is -2.46. The number of piperidine rings is 1. The maximum absolute atomic E-state index is 12.3. The molecule has 1 aliphatic rings. The highest BCUT2D eigenvalue weighted by molar-refractivity contribution is 7.88. The zero-order valence-electron chi connectivity index (χ0n) is 15.3. The molecule has 2 heterocycles. The third-order valence-electron chi connectivity index (χ3n) is 4.46. The number of rotatable bonds is 7. The highest BCUT2D eigenvalue weighted by Crippen LogP contribution is 2.14. The van der Waals surface area contributed by atoms with Crippen molar-refractivity contribution in [1.82, 2.24) is 29.8 Å². The number of likely N-dealkylation sites (tertiary alicyclic amines) is 1. The monoisotopic (exact) mass is 392 g/mol. The van der Waals surface area contributed by atoms with Gasteiger partial charge in [-0.05, 0) is 24.5 Å². The van der Waals surface area contributed by atoms with E-state index in [1.54, 1.807) is 4.90 Å². The number of aryl methyl sites for hydroxylation is 1. The summed E-state index contributed by atoms with van der Waals surface area (Å²) in [6.45, 7) is 1.68. The molecule has 1 amide bonds. The summed E-state index contributed by atoms with van der Waals surface area (Å²) in [7, 11) is -3.20. The van der Waals surface area contributed by atoms with Gasteiger partial charge >= 0.3 is 0 Å². The van der Waals surface area contributed by atoms with E-state index in [4.69, 9.17) is 0 Å². The van der Waals surface area contributed by atoms with E-state index in [0.717, 1.165) is 11.8 Å². The molecule has 1 aromatic heterocycles. The van der Waals surface area contributed by atoms with Gasteiger partial charge in [0, 0.05) is 31.1 Å². The third kappa shape index (κ3) is 5.83. The summed E-state index contributed by atoms with van der Waals surface area (Å²) in [5, 5.41) is 12.4. The molecule has 1 aliphatic heterocycles. The van der Waals surface area contributed by atoms with E-state index in [1.165, 1.54) is 4.80 Å². The molecule has 3 rings (SSSR count). The molecule has 27 heavy (non-hydrogen) atoms. The highest BCUT2D eigenvalue weighted by Gasteiger charge is 2.24. The molecule has 1 saturated heterocycles. The number of nitrogens with zero attached hydrogens (tertiary/aromatic N) is 5. The zero-order valence-corrected chi connectivity index (χ0v) is 16.1. The van der Waals surface area contributed by atoms with Gasteiger partial charge in [0.15, 0.2) is 0 Å². The topological polar surface area (TPSA) is 110 Å². The van der Waals surface area contributed by atoms with Gasteiger partial charge in [-0.15, -0.1) is 10.2 Å². The Bertz CT molecular complexity index is 860. The van der Waals surface area contributed by atoms with Gasteiger partial charge in [0.2, 0.25) is 21.8 Å². The molecule has 0 bridgehead atoms. The Morgan fingerprint density at radius 3 is 2.59 bits per heavy atom. The normalized spacial score (nSPS) is 15.8. The predicted molar refractivity (Wildman–Crippen MR) is 100 cm³/mol. The van der Waals surface area contributed by atoms with Crippen LogP contribution < -0.4 is 4.72 Å². The van der Waals surface area contributed by atoms with Crippen LogP contribution in [-0.4, -0.2) is 64.8 Å². The van der Waals surface area contributed by atoms with Gasteiger partial charge in [0.05, 0.1) is 12.8 Å². The van der Waals surface area contributed by atoms with Crippen LogP contribution in [0.15, 0.2) is 30.3 Å². The fraction of sp³-hybridized carbons (Fsp3) is 0.529. The molecule has 1 N–H and O–H groups in total. The summed E-state index contributed by atoms with van der Waals surface area (Å²) in [4.78, 5) is 15.6. The van der Waals surface area contributed by atoms with Crippen LogP contribution in [0.3, 0.4) is 0 Å². The van der Waals surface area contributed by atoms with Crippen LogP contribution >= 0.6 is 0 Å². The molecular weight excluding hydrogens is 368 g/mol. The van der Waals surface area contributed by atoms with Crippen LogP contribution in [0, 0.1) is 0 Å². The van der Waals surface area contributed by atoms with E-state index < -0.39 is 10.0 Å². The van der Waals surface area contributed by atoms with E-state index in [2.05, 4.69) is 20.1 Å². The van der Waals surface area contributed by atoms with E-state index >= 15 is 0 Å². The van der Waals surface area contributed by atoms with Crippen LogP contribution in [0.1, 0.15) is 25.7 Å². The fourth-order valence-corrected chi connectivity index (χ4v) is 3.96.